The minimum Gasteiger partial charge on any atom is -0.463 e. The SMILES string of the molecule is COC(=O)C(=O)C[C@H](O[Si](C)(C)C(C)(C)C)[C@@H](NC(C)=O)[C@H]1OC(C)(C)O[C@@H]1[C@H]1COC(C)(C)O1. The molecule has 5 atom stereocenters. The number of carbonyl (C=O) groups is 3. The summed E-state index contributed by atoms with van der Waals surface area (Å²) in [5.74, 6) is -3.84. The standard InChI is InChI=1S/C24H43NO9Si/c1-14(26)25-18(16(12-15(27)21(28)29-9)34-35(10,11)22(2,3)4)20-19(32-24(7,8)33-20)17-13-30-23(5,6)31-17/h16-20H,12-13H2,1-11H3,(H,25,26)/t16-,17+,18+,19+,20+/m0/s1. The van der Waals surface area contributed by atoms with Crippen LogP contribution in [0, 0.1) is 0 Å². The monoisotopic (exact) mass is 517 g/mol. The number of carbonyl (C=O) groups excluding carboxylic acids is 3. The third-order valence-electron chi connectivity index (χ3n) is 6.74. The molecule has 0 aromatic rings. The molecule has 0 aromatic heterocycles. The molecular weight excluding hydrogens is 474 g/mol. The average Bonchev–Trinajstić information content (AvgIpc) is 3.21. The van der Waals surface area contributed by atoms with Crippen LogP contribution in [0.2, 0.25) is 18.1 Å². The van der Waals surface area contributed by atoms with Crippen molar-refractivity contribution in [1.29, 1.82) is 0 Å². The molecule has 0 aromatic carbocycles. The molecule has 0 unspecified atom stereocenters. The van der Waals surface area contributed by atoms with Gasteiger partial charge in [-0.1, -0.05) is 20.8 Å². The Kier molecular flexibility index (Phi) is 9.00. The first-order chi connectivity index (χ1) is 15.8. The number of Topliss-reactive ketones (excluding diaryl/α,β-unsaturated/α-hetero) is 1. The third kappa shape index (κ3) is 7.56. The number of methoxy groups -OCH3 is 1. The molecule has 2 rings (SSSR count). The van der Waals surface area contributed by atoms with Gasteiger partial charge in [0.1, 0.15) is 18.3 Å². The number of amides is 1. The fourth-order valence-electron chi connectivity index (χ4n) is 4.06. The van der Waals surface area contributed by atoms with Crippen LogP contribution in [0.1, 0.15) is 61.8 Å². The molecule has 10 nitrogen and oxygen atoms in total. The van der Waals surface area contributed by atoms with Gasteiger partial charge in [-0.25, -0.2) is 4.79 Å². The Labute approximate surface area is 209 Å². The number of esters is 1. The molecule has 2 saturated heterocycles. The summed E-state index contributed by atoms with van der Waals surface area (Å²) in [6.07, 6.45) is -2.99. The van der Waals surface area contributed by atoms with E-state index in [1.165, 1.54) is 6.92 Å². The van der Waals surface area contributed by atoms with Gasteiger partial charge in [0.25, 0.3) is 0 Å². The van der Waals surface area contributed by atoms with Crippen LogP contribution in [-0.2, 0) is 42.5 Å². The van der Waals surface area contributed by atoms with Gasteiger partial charge in [-0.15, -0.1) is 0 Å². The second kappa shape index (κ2) is 10.5. The zero-order valence-electron chi connectivity index (χ0n) is 23.0. The van der Waals surface area contributed by atoms with Crippen LogP contribution in [0.15, 0.2) is 0 Å². The lowest BCUT2D eigenvalue weighted by atomic mass is 9.94. The minimum atomic E-state index is -2.46. The molecule has 2 heterocycles. The van der Waals surface area contributed by atoms with Gasteiger partial charge in [0.15, 0.2) is 19.9 Å². The van der Waals surface area contributed by atoms with Crippen molar-refractivity contribution in [2.24, 2.45) is 0 Å². The molecule has 2 fully saturated rings. The molecular formula is C24H43NO9Si. The molecule has 0 aliphatic carbocycles. The van der Waals surface area contributed by atoms with Gasteiger partial charge in [0, 0.05) is 13.3 Å². The minimum absolute atomic E-state index is 0.196. The van der Waals surface area contributed by atoms with Crippen molar-refractivity contribution in [3.8, 4) is 0 Å². The molecule has 11 heteroatoms. The Morgan fingerprint density at radius 3 is 2.11 bits per heavy atom. The second-order valence-corrected chi connectivity index (χ2v) is 16.5. The summed E-state index contributed by atoms with van der Waals surface area (Å²) in [5.41, 5.74) is 0. The number of nitrogens with one attached hydrogen (secondary N) is 1. The zero-order chi connectivity index (χ0) is 27.0. The number of ether oxygens (including phenoxy) is 5. The molecule has 202 valence electrons. The molecule has 0 radical (unpaired) electrons. The smallest absolute Gasteiger partial charge is 0.374 e. The maximum absolute atomic E-state index is 12.7. The Bertz CT molecular complexity index is 805. The number of rotatable bonds is 9. The van der Waals surface area contributed by atoms with Crippen molar-refractivity contribution in [2.45, 2.75) is 122 Å². The van der Waals surface area contributed by atoms with Gasteiger partial charge in [-0.05, 0) is 45.8 Å². The molecule has 2 aliphatic heterocycles. The number of hydrogen-bond donors (Lipinski definition) is 1. The molecule has 1 N–H and O–H groups in total. The summed E-state index contributed by atoms with van der Waals surface area (Å²) in [5, 5.41) is 2.73. The Morgan fingerprint density at radius 2 is 1.66 bits per heavy atom. The van der Waals surface area contributed by atoms with E-state index >= 15 is 0 Å². The Morgan fingerprint density at radius 1 is 1.06 bits per heavy atom. The van der Waals surface area contributed by atoms with Crippen molar-refractivity contribution in [2.75, 3.05) is 13.7 Å². The summed E-state index contributed by atoms with van der Waals surface area (Å²) in [6.45, 7) is 19.1. The summed E-state index contributed by atoms with van der Waals surface area (Å²) >= 11 is 0. The third-order valence-corrected chi connectivity index (χ3v) is 11.2. The van der Waals surface area contributed by atoms with E-state index < -0.39 is 62.1 Å². The predicted octanol–water partition coefficient (Wildman–Crippen LogP) is 2.69. The Hall–Kier alpha value is -1.37. The van der Waals surface area contributed by atoms with Crippen LogP contribution >= 0.6 is 0 Å². The Balaban J connectivity index is 2.50. The van der Waals surface area contributed by atoms with Crippen LogP contribution in [0.25, 0.3) is 0 Å². The molecule has 0 saturated carbocycles. The lowest BCUT2D eigenvalue weighted by Crippen LogP contribution is -2.60. The van der Waals surface area contributed by atoms with Crippen LogP contribution in [-0.4, -0.2) is 81.7 Å². The van der Waals surface area contributed by atoms with Gasteiger partial charge >= 0.3 is 5.97 Å². The summed E-state index contributed by atoms with van der Waals surface area (Å²) < 4.78 is 35.6. The lowest BCUT2D eigenvalue weighted by molar-refractivity contribution is -0.175. The zero-order valence-corrected chi connectivity index (χ0v) is 24.0. The van der Waals surface area contributed by atoms with Crippen LogP contribution in [0.4, 0.5) is 0 Å². The highest BCUT2D eigenvalue weighted by Gasteiger charge is 2.55. The summed E-state index contributed by atoms with van der Waals surface area (Å²) in [6, 6.07) is -0.811. The largest absolute Gasteiger partial charge is 0.463 e. The van der Waals surface area contributed by atoms with Crippen molar-refractivity contribution < 1.29 is 42.5 Å². The van der Waals surface area contributed by atoms with E-state index in [4.69, 9.17) is 23.4 Å². The van der Waals surface area contributed by atoms with E-state index in [1.807, 2.05) is 26.9 Å². The van der Waals surface area contributed by atoms with Crippen LogP contribution in [0.5, 0.6) is 0 Å². The summed E-state index contributed by atoms with van der Waals surface area (Å²) in [7, 11) is -1.31. The predicted molar refractivity (Wildman–Crippen MR) is 130 cm³/mol. The van der Waals surface area contributed by atoms with Crippen molar-refractivity contribution >= 4 is 26.0 Å². The first-order valence-electron chi connectivity index (χ1n) is 12.0. The van der Waals surface area contributed by atoms with Crippen molar-refractivity contribution in [3.05, 3.63) is 0 Å². The fraction of sp³-hybridized carbons (Fsp3) is 0.875. The van der Waals surface area contributed by atoms with Crippen molar-refractivity contribution in [3.63, 3.8) is 0 Å². The van der Waals surface area contributed by atoms with E-state index in [0.717, 1.165) is 7.11 Å². The van der Waals surface area contributed by atoms with Gasteiger partial charge in [-0.3, -0.25) is 9.59 Å². The average molecular weight is 518 g/mol. The highest BCUT2D eigenvalue weighted by atomic mass is 28.4. The quantitative estimate of drug-likeness (QED) is 0.280. The van der Waals surface area contributed by atoms with Crippen LogP contribution in [0.3, 0.4) is 0 Å². The number of ketones is 1. The van der Waals surface area contributed by atoms with Gasteiger partial charge < -0.3 is 33.4 Å². The summed E-state index contributed by atoms with van der Waals surface area (Å²) in [4.78, 5) is 37.1. The van der Waals surface area contributed by atoms with Gasteiger partial charge in [-0.2, -0.15) is 0 Å². The van der Waals surface area contributed by atoms with E-state index in [9.17, 15) is 14.4 Å². The maximum Gasteiger partial charge on any atom is 0.374 e. The lowest BCUT2D eigenvalue weighted by Gasteiger charge is -2.43. The highest BCUT2D eigenvalue weighted by Crippen LogP contribution is 2.41. The normalized spacial score (nSPS) is 27.8. The van der Waals surface area contributed by atoms with E-state index in [2.05, 4.69) is 30.8 Å². The number of hydrogen-bond acceptors (Lipinski definition) is 9. The van der Waals surface area contributed by atoms with E-state index in [0.29, 0.717) is 0 Å². The maximum atomic E-state index is 12.7. The van der Waals surface area contributed by atoms with Gasteiger partial charge in [0.2, 0.25) is 11.7 Å². The highest BCUT2D eigenvalue weighted by molar-refractivity contribution is 6.74. The van der Waals surface area contributed by atoms with Crippen molar-refractivity contribution in [1.82, 2.24) is 5.32 Å². The molecule has 35 heavy (non-hydrogen) atoms. The molecule has 1 amide bonds. The topological polar surface area (TPSA) is 119 Å². The first kappa shape index (κ1) is 29.9. The second-order valence-electron chi connectivity index (χ2n) is 11.7. The van der Waals surface area contributed by atoms with E-state index in [-0.39, 0.29) is 24.0 Å². The molecule has 2 aliphatic rings. The van der Waals surface area contributed by atoms with E-state index in [1.54, 1.807) is 13.8 Å². The first-order valence-corrected chi connectivity index (χ1v) is 14.9. The molecule has 0 bridgehead atoms. The van der Waals surface area contributed by atoms with Gasteiger partial charge in [0.05, 0.1) is 25.9 Å². The van der Waals surface area contributed by atoms with Crippen LogP contribution < -0.4 is 5.32 Å². The molecule has 0 spiro atoms. The fourth-order valence-corrected chi connectivity index (χ4v) is 5.40.